The summed E-state index contributed by atoms with van der Waals surface area (Å²) in [5, 5.41) is 8.87. The van der Waals surface area contributed by atoms with Crippen LogP contribution in [-0.2, 0) is 0 Å². The van der Waals surface area contributed by atoms with Crippen LogP contribution < -0.4 is 0 Å². The molecule has 11 heavy (non-hydrogen) atoms. The van der Waals surface area contributed by atoms with E-state index in [1.807, 2.05) is 12.2 Å². The molecular formula is C9H18OSi. The predicted molar refractivity (Wildman–Crippen MR) is 53.3 cm³/mol. The quantitative estimate of drug-likeness (QED) is 0.509. The second-order valence-corrected chi connectivity index (χ2v) is 8.92. The van der Waals surface area contributed by atoms with Gasteiger partial charge in [0.25, 0.3) is 0 Å². The smallest absolute Gasteiger partial charge is 0.0695 e. The molecule has 0 aliphatic carbocycles. The topological polar surface area (TPSA) is 20.2 Å². The molecule has 1 N–H and O–H groups in total. The number of allylic oxidation sites excluding steroid dienone is 2. The molecule has 0 saturated carbocycles. The van der Waals surface area contributed by atoms with Gasteiger partial charge in [0, 0.05) is 0 Å². The Labute approximate surface area is 70.5 Å². The Kier molecular flexibility index (Phi) is 4.38. The van der Waals surface area contributed by atoms with Gasteiger partial charge in [0.05, 0.1) is 14.2 Å². The monoisotopic (exact) mass is 170 g/mol. The van der Waals surface area contributed by atoms with Crippen molar-refractivity contribution in [2.75, 3.05) is 0 Å². The van der Waals surface area contributed by atoms with Gasteiger partial charge in [0.15, 0.2) is 0 Å². The Morgan fingerprint density at radius 2 is 1.73 bits per heavy atom. The molecule has 1 atom stereocenters. The highest BCUT2D eigenvalue weighted by molar-refractivity contribution is 6.80. The molecule has 0 bridgehead atoms. The third kappa shape index (κ3) is 9.66. The zero-order valence-corrected chi connectivity index (χ0v) is 8.83. The van der Waals surface area contributed by atoms with Gasteiger partial charge in [-0.2, -0.15) is 0 Å². The molecule has 0 aromatic heterocycles. The molecule has 0 spiro atoms. The van der Waals surface area contributed by atoms with Crippen LogP contribution in [0.5, 0.6) is 0 Å². The van der Waals surface area contributed by atoms with Gasteiger partial charge in [-0.3, -0.25) is 0 Å². The molecular weight excluding hydrogens is 152 g/mol. The van der Waals surface area contributed by atoms with Crippen molar-refractivity contribution in [3.8, 4) is 0 Å². The largest absolute Gasteiger partial charge is 0.389 e. The summed E-state index contributed by atoms with van der Waals surface area (Å²) in [5.41, 5.74) is 2.24. The van der Waals surface area contributed by atoms with Crippen LogP contribution >= 0.6 is 0 Å². The molecule has 2 heteroatoms. The van der Waals surface area contributed by atoms with Crippen LogP contribution in [0.2, 0.25) is 19.6 Å². The van der Waals surface area contributed by atoms with Crippen molar-refractivity contribution in [1.82, 2.24) is 0 Å². The van der Waals surface area contributed by atoms with Crippen molar-refractivity contribution in [1.29, 1.82) is 0 Å². The Hall–Kier alpha value is -0.343. The minimum Gasteiger partial charge on any atom is -0.389 e. The highest BCUT2D eigenvalue weighted by Crippen LogP contribution is 2.01. The van der Waals surface area contributed by atoms with Crippen LogP contribution in [0.4, 0.5) is 0 Å². The van der Waals surface area contributed by atoms with Gasteiger partial charge in [0.1, 0.15) is 0 Å². The van der Waals surface area contributed by atoms with Crippen LogP contribution in [-0.4, -0.2) is 19.3 Å². The third-order valence-corrected chi connectivity index (χ3v) is 2.29. The summed E-state index contributed by atoms with van der Waals surface area (Å²) in [7, 11) is -1.04. The first-order valence-corrected chi connectivity index (χ1v) is 7.53. The minimum atomic E-state index is -1.04. The van der Waals surface area contributed by atoms with Crippen molar-refractivity contribution in [3.63, 3.8) is 0 Å². The summed E-state index contributed by atoms with van der Waals surface area (Å²) in [6.07, 6.45) is 5.37. The standard InChI is InChI=1S/C9H18OSi/c1-9(10)7-5-6-8-11(2,3)4/h5-10H,1-4H3/b7-5+,8-6+/t9-/m0/s1. The maximum atomic E-state index is 8.87. The van der Waals surface area contributed by atoms with Gasteiger partial charge in [-0.15, -0.1) is 0 Å². The van der Waals surface area contributed by atoms with Gasteiger partial charge in [0.2, 0.25) is 0 Å². The molecule has 1 nitrogen and oxygen atoms in total. The molecule has 0 aliphatic heterocycles. The van der Waals surface area contributed by atoms with Crippen molar-refractivity contribution < 1.29 is 5.11 Å². The van der Waals surface area contributed by atoms with Gasteiger partial charge in [-0.05, 0) is 6.92 Å². The first kappa shape index (κ1) is 10.7. The zero-order valence-electron chi connectivity index (χ0n) is 7.83. The van der Waals surface area contributed by atoms with E-state index in [0.29, 0.717) is 0 Å². The first-order chi connectivity index (χ1) is 4.92. The van der Waals surface area contributed by atoms with Gasteiger partial charge in [-0.25, -0.2) is 0 Å². The molecule has 0 aliphatic rings. The molecule has 0 rings (SSSR count). The lowest BCUT2D eigenvalue weighted by atomic mass is 10.3. The maximum Gasteiger partial charge on any atom is 0.0695 e. The zero-order chi connectivity index (χ0) is 8.91. The molecule has 0 aromatic rings. The molecule has 0 radical (unpaired) electrons. The van der Waals surface area contributed by atoms with E-state index in [4.69, 9.17) is 5.11 Å². The summed E-state index contributed by atoms with van der Waals surface area (Å²) >= 11 is 0. The van der Waals surface area contributed by atoms with Crippen LogP contribution in [0, 0.1) is 0 Å². The fourth-order valence-electron chi connectivity index (χ4n) is 0.569. The summed E-state index contributed by atoms with van der Waals surface area (Å²) in [6, 6.07) is 0. The van der Waals surface area contributed by atoms with Crippen molar-refractivity contribution in [2.45, 2.75) is 32.7 Å². The Morgan fingerprint density at radius 1 is 1.18 bits per heavy atom. The van der Waals surface area contributed by atoms with Crippen molar-refractivity contribution in [3.05, 3.63) is 23.9 Å². The first-order valence-electron chi connectivity index (χ1n) is 3.96. The predicted octanol–water partition coefficient (Wildman–Crippen LogP) is 2.36. The van der Waals surface area contributed by atoms with Crippen LogP contribution in [0.1, 0.15) is 6.92 Å². The molecule has 64 valence electrons. The Morgan fingerprint density at radius 3 is 2.09 bits per heavy atom. The maximum absolute atomic E-state index is 8.87. The van der Waals surface area contributed by atoms with Crippen LogP contribution in [0.15, 0.2) is 23.9 Å². The molecule has 0 heterocycles. The van der Waals surface area contributed by atoms with E-state index in [0.717, 1.165) is 0 Å². The number of aliphatic hydroxyl groups excluding tert-OH is 1. The second kappa shape index (κ2) is 4.52. The molecule has 0 amide bonds. The Balaban J connectivity index is 3.78. The number of hydrogen-bond donors (Lipinski definition) is 1. The van der Waals surface area contributed by atoms with Gasteiger partial charge >= 0.3 is 0 Å². The minimum absolute atomic E-state index is 0.332. The second-order valence-electron chi connectivity index (χ2n) is 3.85. The van der Waals surface area contributed by atoms with E-state index < -0.39 is 8.07 Å². The fraction of sp³-hybridized carbons (Fsp3) is 0.556. The van der Waals surface area contributed by atoms with Gasteiger partial charge < -0.3 is 5.11 Å². The van der Waals surface area contributed by atoms with E-state index in [-0.39, 0.29) is 6.10 Å². The van der Waals surface area contributed by atoms with E-state index in [1.165, 1.54) is 0 Å². The summed E-state index contributed by atoms with van der Waals surface area (Å²) < 4.78 is 0. The van der Waals surface area contributed by atoms with Crippen LogP contribution in [0.3, 0.4) is 0 Å². The van der Waals surface area contributed by atoms with Crippen molar-refractivity contribution >= 4 is 8.07 Å². The average Bonchev–Trinajstić information content (AvgIpc) is 1.78. The highest BCUT2D eigenvalue weighted by Gasteiger charge is 2.05. The Bertz CT molecular complexity index is 151. The lowest BCUT2D eigenvalue weighted by Gasteiger charge is -2.06. The molecule has 0 saturated heterocycles. The molecule has 0 fully saturated rings. The van der Waals surface area contributed by atoms with Crippen LogP contribution in [0.25, 0.3) is 0 Å². The summed E-state index contributed by atoms with van der Waals surface area (Å²) in [4.78, 5) is 0. The average molecular weight is 170 g/mol. The number of hydrogen-bond acceptors (Lipinski definition) is 1. The number of rotatable bonds is 3. The fourth-order valence-corrected chi connectivity index (χ4v) is 1.26. The highest BCUT2D eigenvalue weighted by atomic mass is 28.3. The lowest BCUT2D eigenvalue weighted by Crippen LogP contribution is -2.15. The van der Waals surface area contributed by atoms with Gasteiger partial charge in [-0.1, -0.05) is 43.6 Å². The van der Waals surface area contributed by atoms with Crippen molar-refractivity contribution in [2.24, 2.45) is 0 Å². The van der Waals surface area contributed by atoms with E-state index >= 15 is 0 Å². The normalized spacial score (nSPS) is 16.5. The SMILES string of the molecule is C[C@H](O)/C=C/C=C/[Si](C)(C)C. The van der Waals surface area contributed by atoms with E-state index in [2.05, 4.69) is 25.3 Å². The molecule has 0 unspecified atom stereocenters. The summed E-state index contributed by atoms with van der Waals surface area (Å²) in [6.45, 7) is 8.58. The molecule has 0 aromatic carbocycles. The number of aliphatic hydroxyl groups is 1. The summed E-state index contributed by atoms with van der Waals surface area (Å²) in [5.74, 6) is 0. The van der Waals surface area contributed by atoms with E-state index in [1.54, 1.807) is 13.0 Å². The lowest BCUT2D eigenvalue weighted by molar-refractivity contribution is 0.244. The third-order valence-electron chi connectivity index (χ3n) is 1.10. The van der Waals surface area contributed by atoms with E-state index in [9.17, 15) is 0 Å².